The summed E-state index contributed by atoms with van der Waals surface area (Å²) >= 11 is 0. The lowest BCUT2D eigenvalue weighted by Crippen LogP contribution is -2.69. The third-order valence-corrected chi connectivity index (χ3v) is 4.58. The van der Waals surface area contributed by atoms with E-state index in [2.05, 4.69) is 0 Å². The molecule has 28 heavy (non-hydrogen) atoms. The quantitative estimate of drug-likeness (QED) is 0.746. The van der Waals surface area contributed by atoms with E-state index < -0.39 is 29.7 Å². The van der Waals surface area contributed by atoms with Crippen LogP contribution < -0.4 is 10.6 Å². The molecule has 2 N–H and O–H groups in total. The number of nitrogens with one attached hydrogen (secondary N) is 2. The van der Waals surface area contributed by atoms with Crippen molar-refractivity contribution in [3.63, 3.8) is 0 Å². The van der Waals surface area contributed by atoms with Crippen molar-refractivity contribution in [2.45, 2.75) is 57.8 Å². The molecule has 0 saturated carbocycles. The number of carbonyl (C=O) groups is 3. The second kappa shape index (κ2) is 7.44. The van der Waals surface area contributed by atoms with E-state index in [0.29, 0.717) is 17.7 Å². The largest absolute Gasteiger partial charge is 0.440 e. The highest BCUT2D eigenvalue weighted by Crippen LogP contribution is 2.34. The predicted molar refractivity (Wildman–Crippen MR) is 96.5 cm³/mol. The van der Waals surface area contributed by atoms with Crippen molar-refractivity contribution in [3.8, 4) is 0 Å². The van der Waals surface area contributed by atoms with E-state index in [0.717, 1.165) is 5.56 Å². The lowest BCUT2D eigenvalue weighted by atomic mass is 9.86. The first-order chi connectivity index (χ1) is 12.8. The molecule has 1 heterocycles. The zero-order valence-corrected chi connectivity index (χ0v) is 16.2. The Labute approximate surface area is 161 Å². The molecule has 0 spiro atoms. The van der Waals surface area contributed by atoms with Gasteiger partial charge in [0.2, 0.25) is 0 Å². The molecular formula is C19H24F3N3O3. The van der Waals surface area contributed by atoms with E-state index in [-0.39, 0.29) is 17.5 Å². The molecule has 0 unspecified atom stereocenters. The van der Waals surface area contributed by atoms with Crippen molar-refractivity contribution in [2.24, 2.45) is 0 Å². The lowest BCUT2D eigenvalue weighted by Gasteiger charge is -2.30. The fourth-order valence-electron chi connectivity index (χ4n) is 2.81. The second-order valence-corrected chi connectivity index (χ2v) is 7.77. The molecule has 9 heteroatoms. The monoisotopic (exact) mass is 399 g/mol. The molecule has 1 aromatic rings. The van der Waals surface area contributed by atoms with Crippen molar-refractivity contribution < 1.29 is 27.6 Å². The number of carbonyl (C=O) groups excluding carboxylic acids is 3. The fourth-order valence-corrected chi connectivity index (χ4v) is 2.81. The molecule has 1 fully saturated rings. The Balaban J connectivity index is 2.32. The number of nitrogens with zero attached hydrogens (tertiary/aromatic N) is 1. The van der Waals surface area contributed by atoms with Crippen LogP contribution >= 0.6 is 0 Å². The molecular weight excluding hydrogens is 375 g/mol. The Morgan fingerprint density at radius 1 is 1.14 bits per heavy atom. The van der Waals surface area contributed by atoms with Crippen molar-refractivity contribution in [2.75, 3.05) is 6.54 Å². The van der Waals surface area contributed by atoms with Crippen LogP contribution in [0.3, 0.4) is 0 Å². The fraction of sp³-hybridized carbons (Fsp3) is 0.526. The summed E-state index contributed by atoms with van der Waals surface area (Å²) in [5, 5.41) is 3.34. The standard InChI is InChI=1S/C19H24F3N3O3/c1-5-6-11-25-15(27)18(19(20,21)22,24-16(25)28)23-14(26)12-7-9-13(10-8-12)17(2,3)4/h7-10H,5-6,11H2,1-4H3,(H,23,26)(H,24,28)/t18-/m0/s1. The zero-order valence-electron chi connectivity index (χ0n) is 16.2. The van der Waals surface area contributed by atoms with Crippen molar-refractivity contribution in [1.29, 1.82) is 0 Å². The van der Waals surface area contributed by atoms with Gasteiger partial charge in [0.05, 0.1) is 0 Å². The molecule has 0 aromatic heterocycles. The van der Waals surface area contributed by atoms with Crippen LogP contribution in [0.4, 0.5) is 18.0 Å². The van der Waals surface area contributed by atoms with Crippen LogP contribution in [0.5, 0.6) is 0 Å². The van der Waals surface area contributed by atoms with Gasteiger partial charge in [0, 0.05) is 12.1 Å². The third kappa shape index (κ3) is 3.98. The van der Waals surface area contributed by atoms with E-state index in [1.54, 1.807) is 29.7 Å². The molecule has 1 aromatic carbocycles. The topological polar surface area (TPSA) is 78.5 Å². The number of hydrogen-bond acceptors (Lipinski definition) is 3. The van der Waals surface area contributed by atoms with Crippen LogP contribution in [0.2, 0.25) is 0 Å². The zero-order chi connectivity index (χ0) is 21.3. The summed E-state index contributed by atoms with van der Waals surface area (Å²) in [4.78, 5) is 37.4. The van der Waals surface area contributed by atoms with E-state index in [9.17, 15) is 27.6 Å². The summed E-state index contributed by atoms with van der Waals surface area (Å²) < 4.78 is 41.3. The number of alkyl halides is 3. The van der Waals surface area contributed by atoms with Crippen LogP contribution in [0.25, 0.3) is 0 Å². The maximum Gasteiger partial charge on any atom is 0.440 e. The minimum absolute atomic E-state index is 0.0503. The van der Waals surface area contributed by atoms with Gasteiger partial charge in [0.25, 0.3) is 17.5 Å². The molecule has 0 radical (unpaired) electrons. The summed E-state index contributed by atoms with van der Waals surface area (Å²) in [6.07, 6.45) is -4.26. The molecule has 4 amide bonds. The van der Waals surface area contributed by atoms with Crippen molar-refractivity contribution in [1.82, 2.24) is 15.5 Å². The number of halogens is 3. The highest BCUT2D eigenvalue weighted by atomic mass is 19.4. The Hall–Kier alpha value is -2.58. The van der Waals surface area contributed by atoms with Crippen LogP contribution in [0.1, 0.15) is 56.5 Å². The molecule has 6 nitrogen and oxygen atoms in total. The third-order valence-electron chi connectivity index (χ3n) is 4.58. The van der Waals surface area contributed by atoms with Crippen molar-refractivity contribution in [3.05, 3.63) is 35.4 Å². The number of unbranched alkanes of at least 4 members (excludes halogenated alkanes) is 1. The van der Waals surface area contributed by atoms with Crippen LogP contribution in [0.15, 0.2) is 24.3 Å². The average molecular weight is 399 g/mol. The first-order valence-electron chi connectivity index (χ1n) is 8.97. The smallest absolute Gasteiger partial charge is 0.314 e. The molecule has 0 bridgehead atoms. The summed E-state index contributed by atoms with van der Waals surface area (Å²) in [5.74, 6) is -2.64. The van der Waals surface area contributed by atoms with Crippen LogP contribution in [-0.4, -0.2) is 41.1 Å². The number of amides is 4. The first-order valence-corrected chi connectivity index (χ1v) is 8.97. The molecule has 1 aliphatic heterocycles. The Bertz CT molecular complexity index is 769. The van der Waals surface area contributed by atoms with Gasteiger partial charge in [-0.1, -0.05) is 46.2 Å². The summed E-state index contributed by atoms with van der Waals surface area (Å²) in [5.41, 5.74) is -2.83. The molecule has 0 aliphatic carbocycles. The minimum atomic E-state index is -5.21. The van der Waals surface area contributed by atoms with E-state index in [4.69, 9.17) is 0 Å². The van der Waals surface area contributed by atoms with E-state index >= 15 is 0 Å². The first kappa shape index (κ1) is 21.7. The average Bonchev–Trinajstić information content (AvgIpc) is 2.83. The summed E-state index contributed by atoms with van der Waals surface area (Å²) in [7, 11) is 0. The maximum atomic E-state index is 13.8. The number of urea groups is 1. The SMILES string of the molecule is CCCCN1C(=O)N[C@](NC(=O)c2ccc(C(C)(C)C)cc2)(C(F)(F)F)C1=O. The van der Waals surface area contributed by atoms with Gasteiger partial charge < -0.3 is 5.32 Å². The van der Waals surface area contributed by atoms with Crippen molar-refractivity contribution >= 4 is 17.8 Å². The van der Waals surface area contributed by atoms with Gasteiger partial charge in [-0.15, -0.1) is 0 Å². The molecule has 2 rings (SSSR count). The molecule has 1 atom stereocenters. The van der Waals surface area contributed by atoms with Gasteiger partial charge in [-0.3, -0.25) is 19.8 Å². The number of imide groups is 1. The Morgan fingerprint density at radius 3 is 2.18 bits per heavy atom. The summed E-state index contributed by atoms with van der Waals surface area (Å²) in [6, 6.07) is 4.86. The molecule has 154 valence electrons. The summed E-state index contributed by atoms with van der Waals surface area (Å²) in [6.45, 7) is 7.49. The number of rotatable bonds is 5. The predicted octanol–water partition coefficient (Wildman–Crippen LogP) is 3.32. The van der Waals surface area contributed by atoms with Gasteiger partial charge in [-0.25, -0.2) is 4.79 Å². The lowest BCUT2D eigenvalue weighted by molar-refractivity contribution is -0.200. The van der Waals surface area contributed by atoms with Crippen LogP contribution in [-0.2, 0) is 10.2 Å². The van der Waals surface area contributed by atoms with Gasteiger partial charge in [0.15, 0.2) is 0 Å². The second-order valence-electron chi connectivity index (χ2n) is 7.77. The van der Waals surface area contributed by atoms with Gasteiger partial charge in [0.1, 0.15) is 0 Å². The molecule has 1 saturated heterocycles. The number of benzene rings is 1. The van der Waals surface area contributed by atoms with E-state index in [1.807, 2.05) is 20.8 Å². The highest BCUT2D eigenvalue weighted by molar-refractivity contribution is 6.10. The molecule has 1 aliphatic rings. The van der Waals surface area contributed by atoms with Gasteiger partial charge >= 0.3 is 12.2 Å². The van der Waals surface area contributed by atoms with E-state index in [1.165, 1.54) is 12.1 Å². The maximum absolute atomic E-state index is 13.8. The van der Waals surface area contributed by atoms with Gasteiger partial charge in [-0.05, 0) is 29.5 Å². The highest BCUT2D eigenvalue weighted by Gasteiger charge is 2.68. The normalized spacial score (nSPS) is 20.3. The number of hydrogen-bond donors (Lipinski definition) is 2. The van der Waals surface area contributed by atoms with Gasteiger partial charge in [-0.2, -0.15) is 13.2 Å². The van der Waals surface area contributed by atoms with Crippen LogP contribution in [0, 0.1) is 0 Å². The minimum Gasteiger partial charge on any atom is -0.314 e. The Kier molecular flexibility index (Phi) is 5.77. The Morgan fingerprint density at radius 2 is 1.71 bits per heavy atom.